The molecule has 0 aromatic heterocycles. The zero-order valence-electron chi connectivity index (χ0n) is 12.5. The SMILES string of the molecule is O=C(CN1CCN(Cc2ccc(Cl)c(Cl)c2)CC1)NC1CC1. The molecule has 0 atom stereocenters. The number of nitrogens with one attached hydrogen (secondary N) is 1. The van der Waals surface area contributed by atoms with Crippen molar-refractivity contribution in [1.29, 1.82) is 0 Å². The van der Waals surface area contributed by atoms with Crippen molar-refractivity contribution in [2.24, 2.45) is 0 Å². The maximum absolute atomic E-state index is 11.8. The molecule has 0 radical (unpaired) electrons. The topological polar surface area (TPSA) is 35.6 Å². The Labute approximate surface area is 141 Å². The minimum atomic E-state index is 0.167. The third-order valence-corrected chi connectivity index (χ3v) is 4.90. The number of nitrogens with zero attached hydrogens (tertiary/aromatic N) is 2. The van der Waals surface area contributed by atoms with Crippen molar-refractivity contribution in [1.82, 2.24) is 15.1 Å². The number of hydrogen-bond donors (Lipinski definition) is 1. The Morgan fingerprint density at radius 1 is 1.09 bits per heavy atom. The fourth-order valence-corrected chi connectivity index (χ4v) is 3.03. The Bertz CT molecular complexity index is 540. The maximum Gasteiger partial charge on any atom is 0.234 e. The molecule has 0 spiro atoms. The maximum atomic E-state index is 11.8. The van der Waals surface area contributed by atoms with Gasteiger partial charge in [-0.25, -0.2) is 0 Å². The van der Waals surface area contributed by atoms with Crippen molar-refractivity contribution in [3.8, 4) is 0 Å². The summed E-state index contributed by atoms with van der Waals surface area (Å²) in [6, 6.07) is 6.24. The number of amides is 1. The molecule has 3 rings (SSSR count). The molecule has 1 heterocycles. The van der Waals surface area contributed by atoms with E-state index in [1.54, 1.807) is 0 Å². The molecule has 4 nitrogen and oxygen atoms in total. The van der Waals surface area contributed by atoms with Crippen LogP contribution in [-0.4, -0.2) is 54.5 Å². The van der Waals surface area contributed by atoms with Crippen LogP contribution in [0.4, 0.5) is 0 Å². The van der Waals surface area contributed by atoms with Gasteiger partial charge in [-0.3, -0.25) is 14.6 Å². The normalized spacial score (nSPS) is 20.1. The predicted molar refractivity (Wildman–Crippen MR) is 89.3 cm³/mol. The summed E-state index contributed by atoms with van der Waals surface area (Å²) in [6.07, 6.45) is 2.28. The van der Waals surface area contributed by atoms with Crippen LogP contribution >= 0.6 is 23.2 Å². The van der Waals surface area contributed by atoms with Crippen molar-refractivity contribution < 1.29 is 4.79 Å². The third kappa shape index (κ3) is 4.59. The average molecular weight is 342 g/mol. The molecule has 1 aliphatic carbocycles. The molecule has 1 saturated carbocycles. The standard InChI is InChI=1S/C16H21Cl2N3O/c17-14-4-1-12(9-15(14)18)10-20-5-7-21(8-6-20)11-16(22)19-13-2-3-13/h1,4,9,13H,2-3,5-8,10-11H2,(H,19,22). The van der Waals surface area contributed by atoms with E-state index in [-0.39, 0.29) is 5.91 Å². The Morgan fingerprint density at radius 3 is 2.41 bits per heavy atom. The summed E-state index contributed by atoms with van der Waals surface area (Å²) in [5.74, 6) is 0.167. The van der Waals surface area contributed by atoms with Crippen LogP contribution in [0.15, 0.2) is 18.2 Å². The molecule has 2 fully saturated rings. The molecule has 1 aliphatic heterocycles. The first-order chi connectivity index (χ1) is 10.6. The highest BCUT2D eigenvalue weighted by Crippen LogP contribution is 2.23. The molecule has 0 unspecified atom stereocenters. The molecule has 1 N–H and O–H groups in total. The van der Waals surface area contributed by atoms with Crippen molar-refractivity contribution in [2.45, 2.75) is 25.4 Å². The van der Waals surface area contributed by atoms with Crippen LogP contribution in [0.3, 0.4) is 0 Å². The second-order valence-electron chi connectivity index (χ2n) is 6.14. The fraction of sp³-hybridized carbons (Fsp3) is 0.562. The molecule has 2 aliphatic rings. The van der Waals surface area contributed by atoms with Crippen LogP contribution in [-0.2, 0) is 11.3 Å². The van der Waals surface area contributed by atoms with Gasteiger partial charge in [-0.1, -0.05) is 29.3 Å². The van der Waals surface area contributed by atoms with Crippen LogP contribution in [0.25, 0.3) is 0 Å². The second-order valence-corrected chi connectivity index (χ2v) is 6.96. The summed E-state index contributed by atoms with van der Waals surface area (Å²) in [7, 11) is 0. The molecule has 1 amide bonds. The minimum absolute atomic E-state index is 0.167. The summed E-state index contributed by atoms with van der Waals surface area (Å²) in [5.41, 5.74) is 1.18. The zero-order chi connectivity index (χ0) is 15.5. The van der Waals surface area contributed by atoms with Crippen molar-refractivity contribution in [3.63, 3.8) is 0 Å². The van der Waals surface area contributed by atoms with Crippen LogP contribution in [0.5, 0.6) is 0 Å². The van der Waals surface area contributed by atoms with E-state index in [9.17, 15) is 4.79 Å². The monoisotopic (exact) mass is 341 g/mol. The van der Waals surface area contributed by atoms with E-state index in [1.165, 1.54) is 5.56 Å². The van der Waals surface area contributed by atoms with Gasteiger partial charge < -0.3 is 5.32 Å². The number of carbonyl (C=O) groups excluding carboxylic acids is 1. The van der Waals surface area contributed by atoms with Gasteiger partial charge >= 0.3 is 0 Å². The van der Waals surface area contributed by atoms with Gasteiger partial charge in [0.2, 0.25) is 5.91 Å². The van der Waals surface area contributed by atoms with E-state index in [0.29, 0.717) is 22.6 Å². The van der Waals surface area contributed by atoms with Gasteiger partial charge in [0.05, 0.1) is 16.6 Å². The molecule has 120 valence electrons. The molecule has 1 aromatic rings. The van der Waals surface area contributed by atoms with Gasteiger partial charge in [-0.2, -0.15) is 0 Å². The number of hydrogen-bond acceptors (Lipinski definition) is 3. The minimum Gasteiger partial charge on any atom is -0.352 e. The summed E-state index contributed by atoms with van der Waals surface area (Å²) < 4.78 is 0. The Kier molecular flexibility index (Phi) is 5.24. The number of benzene rings is 1. The predicted octanol–water partition coefficient (Wildman–Crippen LogP) is 2.39. The number of rotatable bonds is 5. The molecule has 6 heteroatoms. The first kappa shape index (κ1) is 16.1. The summed E-state index contributed by atoms with van der Waals surface area (Å²) in [5, 5.41) is 4.24. The summed E-state index contributed by atoms with van der Waals surface area (Å²) >= 11 is 12.0. The lowest BCUT2D eigenvalue weighted by Gasteiger charge is -2.34. The smallest absolute Gasteiger partial charge is 0.234 e. The summed E-state index contributed by atoms with van der Waals surface area (Å²) in [4.78, 5) is 16.4. The first-order valence-electron chi connectivity index (χ1n) is 7.78. The quantitative estimate of drug-likeness (QED) is 0.893. The van der Waals surface area contributed by atoms with Gasteiger partial charge in [-0.05, 0) is 30.5 Å². The molecular weight excluding hydrogens is 321 g/mol. The highest BCUT2D eigenvalue weighted by atomic mass is 35.5. The number of halogens is 2. The molecule has 22 heavy (non-hydrogen) atoms. The lowest BCUT2D eigenvalue weighted by atomic mass is 10.2. The average Bonchev–Trinajstić information content (AvgIpc) is 3.29. The lowest BCUT2D eigenvalue weighted by molar-refractivity contribution is -0.122. The van der Waals surface area contributed by atoms with Gasteiger partial charge in [0.25, 0.3) is 0 Å². The second kappa shape index (κ2) is 7.18. The van der Waals surface area contributed by atoms with E-state index in [2.05, 4.69) is 15.1 Å². The highest BCUT2D eigenvalue weighted by Gasteiger charge is 2.25. The van der Waals surface area contributed by atoms with E-state index in [1.807, 2.05) is 18.2 Å². The van der Waals surface area contributed by atoms with Crippen LogP contribution < -0.4 is 5.32 Å². The van der Waals surface area contributed by atoms with Crippen LogP contribution in [0.2, 0.25) is 10.0 Å². The lowest BCUT2D eigenvalue weighted by Crippen LogP contribution is -2.49. The van der Waals surface area contributed by atoms with Crippen molar-refractivity contribution in [2.75, 3.05) is 32.7 Å². The summed E-state index contributed by atoms with van der Waals surface area (Å²) in [6.45, 7) is 5.20. The Hall–Kier alpha value is -0.810. The largest absolute Gasteiger partial charge is 0.352 e. The van der Waals surface area contributed by atoms with Gasteiger partial charge in [0.15, 0.2) is 0 Å². The van der Waals surface area contributed by atoms with Gasteiger partial charge in [-0.15, -0.1) is 0 Å². The van der Waals surface area contributed by atoms with E-state index >= 15 is 0 Å². The number of piperazine rings is 1. The fourth-order valence-electron chi connectivity index (χ4n) is 2.71. The van der Waals surface area contributed by atoms with Crippen LogP contribution in [0.1, 0.15) is 18.4 Å². The number of carbonyl (C=O) groups is 1. The molecule has 1 aromatic carbocycles. The Morgan fingerprint density at radius 2 is 1.77 bits per heavy atom. The van der Waals surface area contributed by atoms with E-state index < -0.39 is 0 Å². The van der Waals surface area contributed by atoms with Gasteiger partial charge in [0, 0.05) is 38.8 Å². The Balaban J connectivity index is 1.42. The molecule has 1 saturated heterocycles. The van der Waals surface area contributed by atoms with Crippen LogP contribution in [0, 0.1) is 0 Å². The van der Waals surface area contributed by atoms with Crippen molar-refractivity contribution >= 4 is 29.1 Å². The van der Waals surface area contributed by atoms with E-state index in [0.717, 1.165) is 45.6 Å². The highest BCUT2D eigenvalue weighted by molar-refractivity contribution is 6.42. The zero-order valence-corrected chi connectivity index (χ0v) is 14.0. The third-order valence-electron chi connectivity index (χ3n) is 4.16. The van der Waals surface area contributed by atoms with Crippen molar-refractivity contribution in [3.05, 3.63) is 33.8 Å². The molecule has 0 bridgehead atoms. The first-order valence-corrected chi connectivity index (χ1v) is 8.54. The van der Waals surface area contributed by atoms with E-state index in [4.69, 9.17) is 23.2 Å². The molecular formula is C16H21Cl2N3O. The van der Waals surface area contributed by atoms with Gasteiger partial charge in [0.1, 0.15) is 0 Å².